The Bertz CT molecular complexity index is 229. The molecule has 2 N–H and O–H groups in total. The molecule has 0 radical (unpaired) electrons. The lowest BCUT2D eigenvalue weighted by Crippen LogP contribution is -2.19. The number of allylic oxidation sites excluding steroid dienone is 2. The van der Waals surface area contributed by atoms with Gasteiger partial charge in [0.1, 0.15) is 6.10 Å². The third kappa shape index (κ3) is 17.7. The highest BCUT2D eigenvalue weighted by Gasteiger charge is 2.00. The average Bonchev–Trinajstić information content (AvgIpc) is 2.54. The highest BCUT2D eigenvalue weighted by Crippen LogP contribution is 2.08. The Balaban J connectivity index is 3.08. The quantitative estimate of drug-likeness (QED) is 0.304. The number of unbranched alkanes of at least 4 members (excludes halogenated alkanes) is 10. The van der Waals surface area contributed by atoms with Crippen LogP contribution in [0.15, 0.2) is 12.2 Å². The Kier molecular flexibility index (Phi) is 18.3. The molecule has 132 valence electrons. The van der Waals surface area contributed by atoms with Gasteiger partial charge in [0.25, 0.3) is 0 Å². The summed E-state index contributed by atoms with van der Waals surface area (Å²) >= 11 is 0. The van der Waals surface area contributed by atoms with Gasteiger partial charge >= 0.3 is 0 Å². The van der Waals surface area contributed by atoms with Crippen molar-refractivity contribution >= 4 is 0 Å². The molecule has 3 nitrogen and oxygen atoms in total. The normalized spacial score (nSPS) is 13.0. The average molecular weight is 315 g/mol. The van der Waals surface area contributed by atoms with Gasteiger partial charge in [0.15, 0.2) is 0 Å². The molecule has 0 aliphatic carbocycles. The standard InChI is InChI=1S/C19H38O3/c1-2-3-4-5-6-7-8-9-10-11-12-13-14-15-16-22-18-19(21)17-20/h9-10,19-21H,2-8,11-18H2,1H3. The molecule has 3 heteroatoms. The first kappa shape index (κ1) is 21.6. The summed E-state index contributed by atoms with van der Waals surface area (Å²) in [5.41, 5.74) is 0. The van der Waals surface area contributed by atoms with E-state index in [2.05, 4.69) is 19.1 Å². The summed E-state index contributed by atoms with van der Waals surface area (Å²) in [5.74, 6) is 0. The van der Waals surface area contributed by atoms with Crippen molar-refractivity contribution in [3.63, 3.8) is 0 Å². The van der Waals surface area contributed by atoms with Crippen LogP contribution < -0.4 is 0 Å². The van der Waals surface area contributed by atoms with Crippen LogP contribution >= 0.6 is 0 Å². The summed E-state index contributed by atoms with van der Waals surface area (Å²) < 4.78 is 5.27. The highest BCUT2D eigenvalue weighted by molar-refractivity contribution is 4.81. The van der Waals surface area contributed by atoms with E-state index in [-0.39, 0.29) is 13.2 Å². The van der Waals surface area contributed by atoms with Crippen molar-refractivity contribution in [1.82, 2.24) is 0 Å². The maximum absolute atomic E-state index is 9.09. The predicted molar refractivity (Wildman–Crippen MR) is 94.1 cm³/mol. The van der Waals surface area contributed by atoms with E-state index in [0.29, 0.717) is 6.61 Å². The molecule has 0 saturated heterocycles. The maximum atomic E-state index is 9.09. The molecule has 0 amide bonds. The molecule has 0 aromatic rings. The van der Waals surface area contributed by atoms with Gasteiger partial charge in [-0.2, -0.15) is 0 Å². The molecule has 0 heterocycles. The minimum atomic E-state index is -0.725. The van der Waals surface area contributed by atoms with E-state index in [1.54, 1.807) is 0 Å². The van der Waals surface area contributed by atoms with Crippen molar-refractivity contribution in [2.75, 3.05) is 19.8 Å². The van der Waals surface area contributed by atoms with Gasteiger partial charge in [-0.3, -0.25) is 0 Å². The molecule has 0 spiro atoms. The SMILES string of the molecule is CCCCCCCCC=CCCCCCCOCC(O)CO. The molecule has 0 fully saturated rings. The van der Waals surface area contributed by atoms with Crippen LogP contribution in [0.2, 0.25) is 0 Å². The molecule has 1 atom stereocenters. The number of hydrogen-bond donors (Lipinski definition) is 2. The first-order valence-electron chi connectivity index (χ1n) is 9.33. The van der Waals surface area contributed by atoms with E-state index in [4.69, 9.17) is 14.9 Å². The fraction of sp³-hybridized carbons (Fsp3) is 0.895. The van der Waals surface area contributed by atoms with Crippen LogP contribution in [0.25, 0.3) is 0 Å². The summed E-state index contributed by atoms with van der Waals surface area (Å²) in [6.45, 7) is 2.98. The number of hydrogen-bond acceptors (Lipinski definition) is 3. The fourth-order valence-corrected chi connectivity index (χ4v) is 2.37. The third-order valence-corrected chi connectivity index (χ3v) is 3.82. The van der Waals surface area contributed by atoms with E-state index in [9.17, 15) is 0 Å². The van der Waals surface area contributed by atoms with Crippen LogP contribution in [0.5, 0.6) is 0 Å². The maximum Gasteiger partial charge on any atom is 0.100 e. The molecule has 0 saturated carbocycles. The second kappa shape index (κ2) is 18.7. The van der Waals surface area contributed by atoms with Crippen molar-refractivity contribution in [1.29, 1.82) is 0 Å². The molecule has 1 unspecified atom stereocenters. The Labute approximate surface area is 137 Å². The second-order valence-corrected chi connectivity index (χ2v) is 6.14. The Morgan fingerprint density at radius 1 is 0.818 bits per heavy atom. The lowest BCUT2D eigenvalue weighted by Gasteiger charge is -2.07. The Morgan fingerprint density at radius 3 is 1.95 bits per heavy atom. The van der Waals surface area contributed by atoms with Crippen LogP contribution in [0.4, 0.5) is 0 Å². The summed E-state index contributed by atoms with van der Waals surface area (Å²) in [6.07, 6.45) is 19.4. The summed E-state index contributed by atoms with van der Waals surface area (Å²) in [7, 11) is 0. The van der Waals surface area contributed by atoms with Gasteiger partial charge in [0.2, 0.25) is 0 Å². The van der Waals surface area contributed by atoms with E-state index in [0.717, 1.165) is 6.42 Å². The van der Waals surface area contributed by atoms with Crippen molar-refractivity contribution in [2.24, 2.45) is 0 Å². The number of aliphatic hydroxyl groups is 2. The zero-order chi connectivity index (χ0) is 16.3. The van der Waals surface area contributed by atoms with Crippen LogP contribution in [0, 0.1) is 0 Å². The molecular formula is C19H38O3. The van der Waals surface area contributed by atoms with Crippen LogP contribution in [0.1, 0.15) is 84.0 Å². The minimum absolute atomic E-state index is 0.217. The molecule has 0 bridgehead atoms. The Hall–Kier alpha value is -0.380. The molecule has 0 aliphatic heterocycles. The van der Waals surface area contributed by atoms with E-state index in [1.807, 2.05) is 0 Å². The number of rotatable bonds is 17. The lowest BCUT2D eigenvalue weighted by atomic mass is 10.1. The minimum Gasteiger partial charge on any atom is -0.394 e. The lowest BCUT2D eigenvalue weighted by molar-refractivity contribution is 0.00526. The van der Waals surface area contributed by atoms with Gasteiger partial charge in [0.05, 0.1) is 13.2 Å². The number of ether oxygens (including phenoxy) is 1. The van der Waals surface area contributed by atoms with Crippen LogP contribution in [0.3, 0.4) is 0 Å². The fourth-order valence-electron chi connectivity index (χ4n) is 2.37. The summed E-state index contributed by atoms with van der Waals surface area (Å²) in [4.78, 5) is 0. The first-order chi connectivity index (χ1) is 10.8. The van der Waals surface area contributed by atoms with Crippen LogP contribution in [-0.2, 0) is 4.74 Å². The van der Waals surface area contributed by atoms with Gasteiger partial charge < -0.3 is 14.9 Å². The zero-order valence-electron chi connectivity index (χ0n) is 14.6. The number of aliphatic hydroxyl groups excluding tert-OH is 2. The summed E-state index contributed by atoms with van der Waals surface area (Å²) in [5, 5.41) is 17.7. The second-order valence-electron chi connectivity index (χ2n) is 6.14. The molecule has 0 aliphatic rings. The van der Waals surface area contributed by atoms with Gasteiger partial charge in [-0.1, -0.05) is 64.0 Å². The van der Waals surface area contributed by atoms with Crippen molar-refractivity contribution in [3.8, 4) is 0 Å². The third-order valence-electron chi connectivity index (χ3n) is 3.82. The molecule has 22 heavy (non-hydrogen) atoms. The van der Waals surface area contributed by atoms with Gasteiger partial charge in [-0.15, -0.1) is 0 Å². The van der Waals surface area contributed by atoms with E-state index in [1.165, 1.54) is 70.6 Å². The largest absolute Gasteiger partial charge is 0.394 e. The van der Waals surface area contributed by atoms with Crippen LogP contribution in [-0.4, -0.2) is 36.1 Å². The predicted octanol–water partition coefficient (Wildman–Crippen LogP) is 4.61. The monoisotopic (exact) mass is 314 g/mol. The zero-order valence-corrected chi connectivity index (χ0v) is 14.6. The first-order valence-corrected chi connectivity index (χ1v) is 9.33. The topological polar surface area (TPSA) is 49.7 Å². The van der Waals surface area contributed by atoms with Gasteiger partial charge in [-0.25, -0.2) is 0 Å². The molecule has 0 aromatic heterocycles. The van der Waals surface area contributed by atoms with E-state index < -0.39 is 6.10 Å². The van der Waals surface area contributed by atoms with Gasteiger partial charge in [-0.05, 0) is 32.1 Å². The smallest absolute Gasteiger partial charge is 0.100 e. The highest BCUT2D eigenvalue weighted by atomic mass is 16.5. The van der Waals surface area contributed by atoms with E-state index >= 15 is 0 Å². The summed E-state index contributed by atoms with van der Waals surface area (Å²) in [6, 6.07) is 0. The van der Waals surface area contributed by atoms with Crippen molar-refractivity contribution in [3.05, 3.63) is 12.2 Å². The van der Waals surface area contributed by atoms with Gasteiger partial charge in [0, 0.05) is 6.61 Å². The van der Waals surface area contributed by atoms with Crippen molar-refractivity contribution < 1.29 is 14.9 Å². The Morgan fingerprint density at radius 2 is 1.36 bits per heavy atom. The van der Waals surface area contributed by atoms with Crippen molar-refractivity contribution in [2.45, 2.75) is 90.1 Å². The molecule has 0 aromatic carbocycles. The molecule has 0 rings (SSSR count). The molecular weight excluding hydrogens is 276 g/mol.